The van der Waals surface area contributed by atoms with Gasteiger partial charge in [0.05, 0.1) is 0 Å². The number of carbonyl (C=O) groups is 1. The molecule has 1 amide bonds. The number of nitrogen functional groups attached to an aromatic ring is 1. The molecule has 16 heavy (non-hydrogen) atoms. The first-order valence-electron chi connectivity index (χ1n) is 4.98. The van der Waals surface area contributed by atoms with Crippen LogP contribution in [0.2, 0.25) is 5.02 Å². The normalized spacial score (nSPS) is 10.5. The number of carbonyl (C=O) groups excluding carboxylic acids is 1. The Hall–Kier alpha value is -1.26. The second kappa shape index (κ2) is 5.72. The van der Waals surface area contributed by atoms with E-state index in [4.69, 9.17) is 17.3 Å². The summed E-state index contributed by atoms with van der Waals surface area (Å²) < 4.78 is 0. The molecule has 0 aliphatic rings. The van der Waals surface area contributed by atoms with Gasteiger partial charge < -0.3 is 16.0 Å². The zero-order chi connectivity index (χ0) is 12.1. The fourth-order valence-electron chi connectivity index (χ4n) is 1.24. The van der Waals surface area contributed by atoms with Crippen LogP contribution in [0.4, 0.5) is 5.69 Å². The quantitative estimate of drug-likeness (QED) is 0.780. The van der Waals surface area contributed by atoms with Gasteiger partial charge in [0.2, 0.25) is 0 Å². The molecule has 0 spiro atoms. The summed E-state index contributed by atoms with van der Waals surface area (Å²) in [6, 6.07) is 4.82. The number of hydrogen-bond acceptors (Lipinski definition) is 3. The van der Waals surface area contributed by atoms with E-state index in [1.807, 2.05) is 19.0 Å². The molecule has 0 fully saturated rings. The number of likely N-dealkylation sites (N-methyl/N-ethyl adjacent to an activating group) is 1. The third kappa shape index (κ3) is 4.08. The van der Waals surface area contributed by atoms with Crippen molar-refractivity contribution in [3.8, 4) is 0 Å². The molecule has 1 aromatic carbocycles. The molecule has 1 aromatic rings. The molecule has 1 rings (SSSR count). The van der Waals surface area contributed by atoms with Crippen LogP contribution < -0.4 is 11.1 Å². The molecule has 0 heterocycles. The number of nitrogens with one attached hydrogen (secondary N) is 1. The zero-order valence-electron chi connectivity index (χ0n) is 9.46. The van der Waals surface area contributed by atoms with Crippen LogP contribution in [0.3, 0.4) is 0 Å². The van der Waals surface area contributed by atoms with Gasteiger partial charge in [-0.1, -0.05) is 11.6 Å². The molecule has 0 aliphatic carbocycles. The molecule has 0 aliphatic heterocycles. The second-order valence-corrected chi connectivity index (χ2v) is 4.27. The van der Waals surface area contributed by atoms with Gasteiger partial charge in [0.25, 0.3) is 5.91 Å². The minimum atomic E-state index is -0.156. The van der Waals surface area contributed by atoms with Crippen LogP contribution in [0.1, 0.15) is 10.4 Å². The van der Waals surface area contributed by atoms with Crippen molar-refractivity contribution < 1.29 is 4.79 Å². The highest BCUT2D eigenvalue weighted by Gasteiger charge is 2.06. The standard InChI is InChI=1S/C11H16ClN3O/c1-15(2)4-3-14-11(16)8-5-9(12)7-10(13)6-8/h5-7H,3-4,13H2,1-2H3,(H,14,16). The van der Waals surface area contributed by atoms with E-state index < -0.39 is 0 Å². The van der Waals surface area contributed by atoms with Gasteiger partial charge in [-0.15, -0.1) is 0 Å². The Labute approximate surface area is 100 Å². The average Bonchev–Trinajstić information content (AvgIpc) is 2.15. The van der Waals surface area contributed by atoms with Crippen LogP contribution in [0.5, 0.6) is 0 Å². The van der Waals surface area contributed by atoms with Crippen LogP contribution in [0.15, 0.2) is 18.2 Å². The van der Waals surface area contributed by atoms with Crippen molar-refractivity contribution in [1.82, 2.24) is 10.2 Å². The van der Waals surface area contributed by atoms with E-state index in [0.717, 1.165) is 6.54 Å². The SMILES string of the molecule is CN(C)CCNC(=O)c1cc(N)cc(Cl)c1. The summed E-state index contributed by atoms with van der Waals surface area (Å²) in [6.07, 6.45) is 0. The van der Waals surface area contributed by atoms with E-state index in [0.29, 0.717) is 22.8 Å². The number of benzene rings is 1. The number of hydrogen-bond donors (Lipinski definition) is 2. The largest absolute Gasteiger partial charge is 0.399 e. The maximum absolute atomic E-state index is 11.7. The number of nitrogens with zero attached hydrogens (tertiary/aromatic N) is 1. The average molecular weight is 242 g/mol. The lowest BCUT2D eigenvalue weighted by atomic mass is 10.2. The van der Waals surface area contributed by atoms with Gasteiger partial charge in [-0.25, -0.2) is 0 Å². The summed E-state index contributed by atoms with van der Waals surface area (Å²) in [5.74, 6) is -0.156. The van der Waals surface area contributed by atoms with E-state index in [1.54, 1.807) is 18.2 Å². The van der Waals surface area contributed by atoms with Crippen molar-refractivity contribution in [2.45, 2.75) is 0 Å². The summed E-state index contributed by atoms with van der Waals surface area (Å²) in [6.45, 7) is 1.39. The molecule has 0 radical (unpaired) electrons. The van der Waals surface area contributed by atoms with Gasteiger partial charge in [0.15, 0.2) is 0 Å². The van der Waals surface area contributed by atoms with Crippen molar-refractivity contribution in [3.63, 3.8) is 0 Å². The Morgan fingerprint density at radius 3 is 2.69 bits per heavy atom. The molecule has 0 saturated heterocycles. The number of amides is 1. The molecule has 3 N–H and O–H groups in total. The predicted molar refractivity (Wildman–Crippen MR) is 66.8 cm³/mol. The highest BCUT2D eigenvalue weighted by atomic mass is 35.5. The maximum atomic E-state index is 11.7. The minimum absolute atomic E-state index is 0.156. The highest BCUT2D eigenvalue weighted by molar-refractivity contribution is 6.31. The Balaban J connectivity index is 2.59. The summed E-state index contributed by atoms with van der Waals surface area (Å²) in [7, 11) is 3.90. The van der Waals surface area contributed by atoms with Crippen LogP contribution in [-0.2, 0) is 0 Å². The molecule has 0 atom stereocenters. The van der Waals surface area contributed by atoms with E-state index in [-0.39, 0.29) is 5.91 Å². The van der Waals surface area contributed by atoms with Crippen molar-refractivity contribution in [3.05, 3.63) is 28.8 Å². The fraction of sp³-hybridized carbons (Fsp3) is 0.364. The lowest BCUT2D eigenvalue weighted by molar-refractivity contribution is 0.0951. The first-order chi connectivity index (χ1) is 7.49. The first kappa shape index (κ1) is 12.8. The van der Waals surface area contributed by atoms with Crippen molar-refractivity contribution in [2.75, 3.05) is 32.9 Å². The van der Waals surface area contributed by atoms with Gasteiger partial charge >= 0.3 is 0 Å². The summed E-state index contributed by atoms with van der Waals surface area (Å²) >= 11 is 5.81. The summed E-state index contributed by atoms with van der Waals surface area (Å²) in [5.41, 5.74) is 6.58. The van der Waals surface area contributed by atoms with Gasteiger partial charge in [0, 0.05) is 29.4 Å². The molecule has 0 saturated carbocycles. The van der Waals surface area contributed by atoms with Crippen LogP contribution in [0, 0.1) is 0 Å². The molecule has 0 unspecified atom stereocenters. The Morgan fingerprint density at radius 2 is 2.12 bits per heavy atom. The number of rotatable bonds is 4. The predicted octanol–water partition coefficient (Wildman–Crippen LogP) is 1.21. The van der Waals surface area contributed by atoms with Crippen molar-refractivity contribution >= 4 is 23.2 Å². The van der Waals surface area contributed by atoms with Crippen molar-refractivity contribution in [1.29, 1.82) is 0 Å². The van der Waals surface area contributed by atoms with Gasteiger partial charge in [-0.2, -0.15) is 0 Å². The number of nitrogens with two attached hydrogens (primary N) is 1. The Morgan fingerprint density at radius 1 is 1.44 bits per heavy atom. The van der Waals surface area contributed by atoms with Crippen LogP contribution in [-0.4, -0.2) is 38.0 Å². The molecular weight excluding hydrogens is 226 g/mol. The summed E-state index contributed by atoms with van der Waals surface area (Å²) in [5, 5.41) is 3.26. The molecule has 4 nitrogen and oxygen atoms in total. The zero-order valence-corrected chi connectivity index (χ0v) is 10.2. The van der Waals surface area contributed by atoms with Gasteiger partial charge in [-0.05, 0) is 32.3 Å². The molecule has 0 aromatic heterocycles. The van der Waals surface area contributed by atoms with Crippen molar-refractivity contribution in [2.24, 2.45) is 0 Å². The van der Waals surface area contributed by atoms with E-state index >= 15 is 0 Å². The van der Waals surface area contributed by atoms with Gasteiger partial charge in [0.1, 0.15) is 0 Å². The summed E-state index contributed by atoms with van der Waals surface area (Å²) in [4.78, 5) is 13.7. The fourth-order valence-corrected chi connectivity index (χ4v) is 1.48. The third-order valence-electron chi connectivity index (χ3n) is 2.03. The third-order valence-corrected chi connectivity index (χ3v) is 2.25. The topological polar surface area (TPSA) is 58.4 Å². The van der Waals surface area contributed by atoms with E-state index in [9.17, 15) is 4.79 Å². The minimum Gasteiger partial charge on any atom is -0.399 e. The Kier molecular flexibility index (Phi) is 4.58. The lowest BCUT2D eigenvalue weighted by Gasteiger charge is -2.10. The molecule has 88 valence electrons. The van der Waals surface area contributed by atoms with E-state index in [1.165, 1.54) is 0 Å². The number of anilines is 1. The molecule has 5 heteroatoms. The smallest absolute Gasteiger partial charge is 0.251 e. The van der Waals surface area contributed by atoms with Gasteiger partial charge in [-0.3, -0.25) is 4.79 Å². The van der Waals surface area contributed by atoms with Crippen LogP contribution in [0.25, 0.3) is 0 Å². The Bertz CT molecular complexity index is 359. The second-order valence-electron chi connectivity index (χ2n) is 3.83. The lowest BCUT2D eigenvalue weighted by Crippen LogP contribution is -2.31. The van der Waals surface area contributed by atoms with Crippen LogP contribution >= 0.6 is 11.6 Å². The highest BCUT2D eigenvalue weighted by Crippen LogP contribution is 2.16. The number of halogens is 1. The first-order valence-corrected chi connectivity index (χ1v) is 5.36. The molecule has 0 bridgehead atoms. The molecular formula is C11H16ClN3O. The van der Waals surface area contributed by atoms with E-state index in [2.05, 4.69) is 5.32 Å². The maximum Gasteiger partial charge on any atom is 0.251 e. The monoisotopic (exact) mass is 241 g/mol.